The summed E-state index contributed by atoms with van der Waals surface area (Å²) in [4.78, 5) is 0. The van der Waals surface area contributed by atoms with Gasteiger partial charge in [-0.2, -0.15) is 16.6 Å². The Labute approximate surface area is 76.1 Å². The lowest BCUT2D eigenvalue weighted by molar-refractivity contribution is 0.649. The number of nitrogens with two attached hydrogens (primary N) is 1. The molecule has 1 unspecified atom stereocenters. The molecule has 0 bridgehead atoms. The number of halogens is 1. The Kier molecular flexibility index (Phi) is 3.53. The van der Waals surface area contributed by atoms with E-state index >= 15 is 0 Å². The van der Waals surface area contributed by atoms with E-state index in [4.69, 9.17) is 11.0 Å². The highest BCUT2D eigenvalue weighted by atomic mass is 35.5. The van der Waals surface area contributed by atoms with E-state index in [1.165, 1.54) is 0 Å². The molecule has 0 aliphatic rings. The lowest BCUT2D eigenvalue weighted by Crippen LogP contribution is -2.29. The van der Waals surface area contributed by atoms with Crippen LogP contribution in [0.4, 0.5) is 0 Å². The van der Waals surface area contributed by atoms with E-state index in [0.29, 0.717) is 0 Å². The second-order valence-electron chi connectivity index (χ2n) is 2.33. The van der Waals surface area contributed by atoms with Crippen LogP contribution >= 0.6 is 23.7 Å². The molecule has 1 rings (SSSR count). The van der Waals surface area contributed by atoms with Crippen molar-refractivity contribution in [2.45, 2.75) is 12.5 Å². The summed E-state index contributed by atoms with van der Waals surface area (Å²) in [6.45, 7) is 1.70. The summed E-state index contributed by atoms with van der Waals surface area (Å²) in [6.07, 6.45) is 0. The summed E-state index contributed by atoms with van der Waals surface area (Å²) < 4.78 is 0. The minimum absolute atomic E-state index is 0. The maximum absolute atomic E-state index is 8.60. The van der Waals surface area contributed by atoms with Crippen molar-refractivity contribution in [3.05, 3.63) is 22.4 Å². The Morgan fingerprint density at radius 3 is 2.73 bits per heavy atom. The predicted octanol–water partition coefficient (Wildman–Crippen LogP) is 1.87. The van der Waals surface area contributed by atoms with Gasteiger partial charge in [-0.3, -0.25) is 0 Å². The molecule has 60 valence electrons. The summed E-state index contributed by atoms with van der Waals surface area (Å²) in [5.74, 6) is 0. The van der Waals surface area contributed by atoms with Crippen molar-refractivity contribution >= 4 is 23.7 Å². The summed E-state index contributed by atoms with van der Waals surface area (Å²) in [5, 5.41) is 12.4. The first-order valence-electron chi connectivity index (χ1n) is 2.89. The molecule has 1 atom stereocenters. The van der Waals surface area contributed by atoms with Crippen LogP contribution in [-0.4, -0.2) is 0 Å². The zero-order chi connectivity index (χ0) is 7.61. The third kappa shape index (κ3) is 2.19. The Hall–Kier alpha value is -0.560. The number of thiophene rings is 1. The molecule has 2 nitrogen and oxygen atoms in total. The van der Waals surface area contributed by atoms with Crippen molar-refractivity contribution in [2.75, 3.05) is 0 Å². The van der Waals surface area contributed by atoms with Gasteiger partial charge in [-0.05, 0) is 29.3 Å². The SMILES string of the molecule is CC(N)(C#N)c1ccsc1.Cl. The van der Waals surface area contributed by atoms with Crippen LogP contribution < -0.4 is 5.73 Å². The lowest BCUT2D eigenvalue weighted by Gasteiger charge is -2.11. The highest BCUT2D eigenvalue weighted by molar-refractivity contribution is 7.08. The van der Waals surface area contributed by atoms with E-state index in [9.17, 15) is 0 Å². The summed E-state index contributed by atoms with van der Waals surface area (Å²) in [6, 6.07) is 3.90. The van der Waals surface area contributed by atoms with E-state index in [1.807, 2.05) is 22.9 Å². The average molecular weight is 189 g/mol. The summed E-state index contributed by atoms with van der Waals surface area (Å²) in [7, 11) is 0. The van der Waals surface area contributed by atoms with Crippen LogP contribution in [0, 0.1) is 11.3 Å². The largest absolute Gasteiger partial charge is 0.310 e. The van der Waals surface area contributed by atoms with E-state index < -0.39 is 5.54 Å². The van der Waals surface area contributed by atoms with Crippen molar-refractivity contribution in [1.82, 2.24) is 0 Å². The van der Waals surface area contributed by atoms with Gasteiger partial charge >= 0.3 is 0 Å². The number of hydrogen-bond donors (Lipinski definition) is 1. The van der Waals surface area contributed by atoms with Crippen LogP contribution in [-0.2, 0) is 5.54 Å². The van der Waals surface area contributed by atoms with Crippen molar-refractivity contribution in [3.63, 3.8) is 0 Å². The third-order valence-corrected chi connectivity index (χ3v) is 2.04. The maximum atomic E-state index is 8.60. The van der Waals surface area contributed by atoms with Crippen LogP contribution in [0.3, 0.4) is 0 Å². The number of hydrogen-bond acceptors (Lipinski definition) is 3. The van der Waals surface area contributed by atoms with Gasteiger partial charge in [0.1, 0.15) is 5.54 Å². The topological polar surface area (TPSA) is 49.8 Å². The van der Waals surface area contributed by atoms with E-state index in [-0.39, 0.29) is 12.4 Å². The van der Waals surface area contributed by atoms with Crippen LogP contribution in [0.2, 0.25) is 0 Å². The van der Waals surface area contributed by atoms with Crippen LogP contribution in [0.25, 0.3) is 0 Å². The smallest absolute Gasteiger partial charge is 0.127 e. The van der Waals surface area contributed by atoms with Crippen molar-refractivity contribution in [1.29, 1.82) is 5.26 Å². The second kappa shape index (κ2) is 3.72. The highest BCUT2D eigenvalue weighted by Gasteiger charge is 2.19. The molecule has 0 radical (unpaired) electrons. The van der Waals surface area contributed by atoms with Gasteiger partial charge in [0.15, 0.2) is 0 Å². The van der Waals surface area contributed by atoms with Crippen LogP contribution in [0.5, 0.6) is 0 Å². The molecular formula is C7H9ClN2S. The molecule has 0 aromatic carbocycles. The quantitative estimate of drug-likeness (QED) is 0.732. The third-order valence-electron chi connectivity index (χ3n) is 1.35. The molecule has 0 amide bonds. The first-order chi connectivity index (χ1) is 4.67. The minimum Gasteiger partial charge on any atom is -0.310 e. The van der Waals surface area contributed by atoms with Gasteiger partial charge in [0, 0.05) is 0 Å². The molecule has 0 saturated carbocycles. The molecule has 0 aliphatic heterocycles. The fraction of sp³-hybridized carbons (Fsp3) is 0.286. The zero-order valence-corrected chi connectivity index (χ0v) is 7.71. The first kappa shape index (κ1) is 10.4. The Morgan fingerprint density at radius 2 is 2.36 bits per heavy atom. The average Bonchev–Trinajstić information content (AvgIpc) is 2.38. The monoisotopic (exact) mass is 188 g/mol. The van der Waals surface area contributed by atoms with Crippen molar-refractivity contribution in [2.24, 2.45) is 5.73 Å². The molecule has 1 aromatic rings. The highest BCUT2D eigenvalue weighted by Crippen LogP contribution is 2.18. The van der Waals surface area contributed by atoms with Gasteiger partial charge in [-0.15, -0.1) is 12.4 Å². The van der Waals surface area contributed by atoms with E-state index in [0.717, 1.165) is 5.56 Å². The number of rotatable bonds is 1. The first-order valence-corrected chi connectivity index (χ1v) is 3.84. The van der Waals surface area contributed by atoms with Gasteiger partial charge < -0.3 is 5.73 Å². The summed E-state index contributed by atoms with van der Waals surface area (Å²) in [5.41, 5.74) is 5.70. The zero-order valence-electron chi connectivity index (χ0n) is 6.07. The van der Waals surface area contributed by atoms with Gasteiger partial charge in [-0.1, -0.05) is 0 Å². The number of nitriles is 1. The molecule has 0 spiro atoms. The number of nitrogens with zero attached hydrogens (tertiary/aromatic N) is 1. The lowest BCUT2D eigenvalue weighted by atomic mass is 9.99. The normalized spacial score (nSPS) is 14.3. The van der Waals surface area contributed by atoms with Crippen molar-refractivity contribution < 1.29 is 0 Å². The molecule has 11 heavy (non-hydrogen) atoms. The molecule has 0 aliphatic carbocycles. The molecule has 0 fully saturated rings. The molecule has 0 saturated heterocycles. The fourth-order valence-electron chi connectivity index (χ4n) is 0.625. The molecule has 1 heterocycles. The van der Waals surface area contributed by atoms with Gasteiger partial charge in [0.05, 0.1) is 6.07 Å². The van der Waals surface area contributed by atoms with Gasteiger partial charge in [-0.25, -0.2) is 0 Å². The molecule has 1 aromatic heterocycles. The van der Waals surface area contributed by atoms with E-state index in [1.54, 1.807) is 18.3 Å². The predicted molar refractivity (Wildman–Crippen MR) is 48.7 cm³/mol. The molecule has 2 N–H and O–H groups in total. The second-order valence-corrected chi connectivity index (χ2v) is 3.11. The van der Waals surface area contributed by atoms with Gasteiger partial charge in [0.2, 0.25) is 0 Å². The van der Waals surface area contributed by atoms with Crippen molar-refractivity contribution in [3.8, 4) is 6.07 Å². The Morgan fingerprint density at radius 1 is 1.73 bits per heavy atom. The van der Waals surface area contributed by atoms with Crippen LogP contribution in [0.15, 0.2) is 16.8 Å². The Bertz CT molecular complexity index is 248. The fourth-order valence-corrected chi connectivity index (χ4v) is 1.40. The Balaban J connectivity index is 0.000001000. The minimum atomic E-state index is -0.819. The molecular weight excluding hydrogens is 180 g/mol. The van der Waals surface area contributed by atoms with Gasteiger partial charge in [0.25, 0.3) is 0 Å². The standard InChI is InChI=1S/C7H8N2S.ClH/c1-7(9,5-8)6-2-3-10-4-6;/h2-4H,9H2,1H3;1H. The van der Waals surface area contributed by atoms with Crippen LogP contribution in [0.1, 0.15) is 12.5 Å². The van der Waals surface area contributed by atoms with E-state index in [2.05, 4.69) is 0 Å². The maximum Gasteiger partial charge on any atom is 0.127 e. The molecule has 4 heteroatoms. The summed E-state index contributed by atoms with van der Waals surface area (Å²) >= 11 is 1.55.